The summed E-state index contributed by atoms with van der Waals surface area (Å²) in [5, 5.41) is 0. The molecule has 0 atom stereocenters. The number of halogens is 1. The molecule has 3 rings (SSSR count). The van der Waals surface area contributed by atoms with Gasteiger partial charge in [0, 0.05) is 22.3 Å². The molecule has 0 spiro atoms. The average molecular weight is 377 g/mol. The predicted molar refractivity (Wildman–Crippen MR) is 89.1 cm³/mol. The zero-order valence-corrected chi connectivity index (χ0v) is 15.3. The Hall–Kier alpha value is -1.86. The van der Waals surface area contributed by atoms with Crippen molar-refractivity contribution in [3.63, 3.8) is 0 Å². The SMILES string of the molecule is Cc1cc(C)c(-c2ccccc2)[s+]c1-c1ccccc1.[O-][Cl+3]([O-])([O-])[O-]. The van der Waals surface area contributed by atoms with E-state index < -0.39 is 10.2 Å². The first-order valence-corrected chi connectivity index (χ1v) is 9.48. The van der Waals surface area contributed by atoms with Crippen LogP contribution in [0, 0.1) is 24.1 Å². The molecule has 130 valence electrons. The van der Waals surface area contributed by atoms with E-state index in [2.05, 4.69) is 80.6 Å². The molecule has 0 saturated heterocycles. The second kappa shape index (κ2) is 8.49. The van der Waals surface area contributed by atoms with Crippen molar-refractivity contribution in [1.82, 2.24) is 0 Å². The van der Waals surface area contributed by atoms with Crippen LogP contribution in [-0.4, -0.2) is 0 Å². The van der Waals surface area contributed by atoms with Crippen LogP contribution in [0.2, 0.25) is 0 Å². The number of aryl methyl sites for hydroxylation is 2. The van der Waals surface area contributed by atoms with Gasteiger partial charge in [-0.2, -0.15) is 0 Å². The highest BCUT2D eigenvalue weighted by Crippen LogP contribution is 2.37. The molecule has 3 aromatic rings. The molecule has 0 radical (unpaired) electrons. The Bertz CT molecular complexity index is 751. The normalized spacial score (nSPS) is 10.8. The van der Waals surface area contributed by atoms with Gasteiger partial charge in [0.15, 0.2) is 0 Å². The Kier molecular flexibility index (Phi) is 6.61. The predicted octanol–water partition coefficient (Wildman–Crippen LogP) is 1.22. The van der Waals surface area contributed by atoms with Gasteiger partial charge >= 0.3 is 0 Å². The van der Waals surface area contributed by atoms with E-state index in [1.807, 2.05) is 11.3 Å². The van der Waals surface area contributed by atoms with E-state index in [0.29, 0.717) is 0 Å². The second-order valence-electron chi connectivity index (χ2n) is 5.38. The van der Waals surface area contributed by atoms with E-state index in [1.165, 1.54) is 32.0 Å². The number of rotatable bonds is 2. The molecule has 0 N–H and O–H groups in total. The van der Waals surface area contributed by atoms with E-state index in [0.717, 1.165) is 0 Å². The molecule has 4 nitrogen and oxygen atoms in total. The molecule has 6 heteroatoms. The molecular formula is C19H17ClO4S. The van der Waals surface area contributed by atoms with Crippen molar-refractivity contribution in [3.8, 4) is 20.9 Å². The van der Waals surface area contributed by atoms with E-state index in [9.17, 15) is 0 Å². The van der Waals surface area contributed by atoms with Gasteiger partial charge in [0.25, 0.3) is 0 Å². The molecule has 0 aliphatic carbocycles. The fourth-order valence-electron chi connectivity index (χ4n) is 2.47. The first-order chi connectivity index (χ1) is 11.8. The van der Waals surface area contributed by atoms with Gasteiger partial charge in [0.05, 0.1) is 0 Å². The van der Waals surface area contributed by atoms with Crippen LogP contribution in [0.4, 0.5) is 0 Å². The molecule has 25 heavy (non-hydrogen) atoms. The Morgan fingerprint density at radius 3 is 1.28 bits per heavy atom. The molecule has 2 aromatic carbocycles. The summed E-state index contributed by atoms with van der Waals surface area (Å²) in [7, 11) is -4.94. The molecule has 0 aliphatic heterocycles. The quantitative estimate of drug-likeness (QED) is 0.629. The highest BCUT2D eigenvalue weighted by molar-refractivity contribution is 7.18. The highest BCUT2D eigenvalue weighted by atomic mass is 35.7. The summed E-state index contributed by atoms with van der Waals surface area (Å²) >= 11 is 1.88. The largest absolute Gasteiger partial charge is 0.241 e. The summed E-state index contributed by atoms with van der Waals surface area (Å²) in [6.07, 6.45) is 0. The zero-order chi connectivity index (χ0) is 18.4. The zero-order valence-electron chi connectivity index (χ0n) is 13.8. The van der Waals surface area contributed by atoms with Crippen LogP contribution in [0.5, 0.6) is 0 Å². The van der Waals surface area contributed by atoms with Gasteiger partial charge in [-0.1, -0.05) is 36.4 Å². The Labute approximate surface area is 153 Å². The Morgan fingerprint density at radius 2 is 0.960 bits per heavy atom. The van der Waals surface area contributed by atoms with Crippen molar-refractivity contribution >= 4 is 11.3 Å². The summed E-state index contributed by atoms with van der Waals surface area (Å²) in [6.45, 7) is 4.39. The van der Waals surface area contributed by atoms with Crippen molar-refractivity contribution in [2.45, 2.75) is 13.8 Å². The van der Waals surface area contributed by atoms with Gasteiger partial charge in [0.1, 0.15) is 0 Å². The third kappa shape index (κ3) is 6.17. The summed E-state index contributed by atoms with van der Waals surface area (Å²) in [6, 6.07) is 23.6. The summed E-state index contributed by atoms with van der Waals surface area (Å²) in [5.41, 5.74) is 5.29. The Morgan fingerprint density at radius 1 is 0.640 bits per heavy atom. The van der Waals surface area contributed by atoms with Crippen LogP contribution in [0.1, 0.15) is 11.1 Å². The fraction of sp³-hybridized carbons (Fsp3) is 0.105. The van der Waals surface area contributed by atoms with Gasteiger partial charge in [-0.05, 0) is 44.2 Å². The molecule has 0 unspecified atom stereocenters. The summed E-state index contributed by atoms with van der Waals surface area (Å²) < 4.78 is 34.0. The lowest BCUT2D eigenvalue weighted by atomic mass is 10.1. The maximum atomic E-state index is 8.49. The fourth-order valence-corrected chi connectivity index (χ4v) is 3.62. The molecule has 1 heterocycles. The van der Waals surface area contributed by atoms with Crippen LogP contribution in [-0.2, 0) is 0 Å². The number of benzene rings is 2. The standard InChI is InChI=1S/C19H17S.ClHO4/c1-14-13-15(2)19(17-11-7-4-8-12-17)20-18(14)16-9-5-3-6-10-16;2-1(3,4)5/h3-13H,1-2H3;(H,2,3,4,5)/q+1;/p-1. The van der Waals surface area contributed by atoms with Gasteiger partial charge in [-0.3, -0.25) is 0 Å². The minimum absolute atomic E-state index is 1.30. The van der Waals surface area contributed by atoms with E-state index in [1.54, 1.807) is 0 Å². The number of hydrogen-bond acceptors (Lipinski definition) is 4. The van der Waals surface area contributed by atoms with Crippen LogP contribution in [0.3, 0.4) is 0 Å². The van der Waals surface area contributed by atoms with Crippen molar-refractivity contribution in [1.29, 1.82) is 0 Å². The first kappa shape index (κ1) is 19.5. The maximum absolute atomic E-state index is 8.49. The highest BCUT2D eigenvalue weighted by Gasteiger charge is 2.21. The minimum Gasteiger partial charge on any atom is -0.222 e. The van der Waals surface area contributed by atoms with E-state index in [4.69, 9.17) is 18.6 Å². The third-order valence-electron chi connectivity index (χ3n) is 3.43. The third-order valence-corrected chi connectivity index (χ3v) is 4.95. The van der Waals surface area contributed by atoms with Crippen LogP contribution in [0.15, 0.2) is 66.7 Å². The van der Waals surface area contributed by atoms with E-state index >= 15 is 0 Å². The summed E-state index contributed by atoms with van der Waals surface area (Å²) in [4.78, 5) is 2.71. The van der Waals surface area contributed by atoms with Crippen molar-refractivity contribution < 1.29 is 28.9 Å². The topological polar surface area (TPSA) is 92.2 Å². The second-order valence-corrected chi connectivity index (χ2v) is 7.16. The summed E-state index contributed by atoms with van der Waals surface area (Å²) in [5.74, 6) is 0. The van der Waals surface area contributed by atoms with Gasteiger partial charge < -0.3 is 0 Å². The molecule has 0 aliphatic rings. The van der Waals surface area contributed by atoms with E-state index in [-0.39, 0.29) is 0 Å². The van der Waals surface area contributed by atoms with Crippen LogP contribution < -0.4 is 18.6 Å². The molecule has 0 saturated carbocycles. The maximum Gasteiger partial charge on any atom is 0.241 e. The lowest BCUT2D eigenvalue weighted by molar-refractivity contribution is -2.00. The van der Waals surface area contributed by atoms with Crippen molar-refractivity contribution in [2.75, 3.05) is 0 Å². The molecule has 0 amide bonds. The van der Waals surface area contributed by atoms with Crippen LogP contribution in [0.25, 0.3) is 20.9 Å². The first-order valence-electron chi connectivity index (χ1n) is 7.42. The van der Waals surface area contributed by atoms with Crippen molar-refractivity contribution in [2.24, 2.45) is 0 Å². The Balaban J connectivity index is 0.000000399. The van der Waals surface area contributed by atoms with Crippen LogP contribution >= 0.6 is 11.3 Å². The minimum atomic E-state index is -4.94. The monoisotopic (exact) mass is 376 g/mol. The molecular weight excluding hydrogens is 360 g/mol. The lowest BCUT2D eigenvalue weighted by Gasteiger charge is -2.17. The molecule has 1 aromatic heterocycles. The van der Waals surface area contributed by atoms with Gasteiger partial charge in [-0.15, -0.1) is 10.2 Å². The van der Waals surface area contributed by atoms with Gasteiger partial charge in [0.2, 0.25) is 21.1 Å². The number of hydrogen-bond donors (Lipinski definition) is 0. The lowest BCUT2D eigenvalue weighted by Crippen LogP contribution is -2.68. The van der Waals surface area contributed by atoms with Gasteiger partial charge in [-0.25, -0.2) is 18.6 Å². The average Bonchev–Trinajstić information content (AvgIpc) is 2.55. The van der Waals surface area contributed by atoms with Crippen molar-refractivity contribution in [3.05, 3.63) is 77.9 Å². The molecule has 0 fully saturated rings. The molecule has 0 bridgehead atoms. The smallest absolute Gasteiger partial charge is 0.222 e.